The van der Waals surface area contributed by atoms with Crippen molar-refractivity contribution in [3.63, 3.8) is 0 Å². The number of amides is 2. The lowest BCUT2D eigenvalue weighted by atomic mass is 9.98. The summed E-state index contributed by atoms with van der Waals surface area (Å²) in [6, 6.07) is 10.6. The van der Waals surface area contributed by atoms with E-state index in [1.807, 2.05) is 23.1 Å². The Morgan fingerprint density at radius 3 is 2.75 bits per heavy atom. The molecule has 2 aromatic rings. The highest BCUT2D eigenvalue weighted by Crippen LogP contribution is 2.30. The highest BCUT2D eigenvalue weighted by Gasteiger charge is 2.38. The fourth-order valence-electron chi connectivity index (χ4n) is 4.23. The minimum Gasteiger partial charge on any atom is -0.339 e. The van der Waals surface area contributed by atoms with Crippen LogP contribution in [0, 0.1) is 5.92 Å². The molecule has 1 aromatic carbocycles. The van der Waals surface area contributed by atoms with Gasteiger partial charge in [0.1, 0.15) is 5.01 Å². The van der Waals surface area contributed by atoms with E-state index in [1.165, 1.54) is 29.7 Å². The van der Waals surface area contributed by atoms with Gasteiger partial charge in [0.25, 0.3) is 0 Å². The van der Waals surface area contributed by atoms with Crippen molar-refractivity contribution in [3.05, 3.63) is 40.9 Å². The highest BCUT2D eigenvalue weighted by molar-refractivity contribution is 7.15. The Morgan fingerprint density at radius 2 is 2.00 bits per heavy atom. The van der Waals surface area contributed by atoms with Crippen molar-refractivity contribution in [2.24, 2.45) is 5.92 Å². The van der Waals surface area contributed by atoms with E-state index in [4.69, 9.17) is 0 Å². The quantitative estimate of drug-likeness (QED) is 0.806. The molecule has 7 heteroatoms. The Bertz CT molecular complexity index is 832. The highest BCUT2D eigenvalue weighted by atomic mass is 32.1. The number of likely N-dealkylation sites (tertiary alicyclic amines) is 1. The lowest BCUT2D eigenvalue weighted by Crippen LogP contribution is -2.35. The van der Waals surface area contributed by atoms with E-state index in [0.29, 0.717) is 30.1 Å². The van der Waals surface area contributed by atoms with Crippen molar-refractivity contribution in [3.8, 4) is 0 Å². The van der Waals surface area contributed by atoms with Crippen LogP contribution in [0.25, 0.3) is 0 Å². The molecular weight excluding hydrogens is 372 g/mol. The molecule has 2 aliphatic rings. The van der Waals surface area contributed by atoms with Gasteiger partial charge in [-0.25, -0.2) is 0 Å². The molecule has 4 rings (SSSR count). The molecule has 1 saturated carbocycles. The molecule has 1 N–H and O–H groups in total. The molecule has 6 nitrogen and oxygen atoms in total. The molecule has 2 unspecified atom stereocenters. The normalized spacial score (nSPS) is 21.2. The predicted octanol–water partition coefficient (Wildman–Crippen LogP) is 3.61. The topological polar surface area (TPSA) is 75.2 Å². The molecule has 1 aliphatic carbocycles. The Balaban J connectivity index is 1.32. The molecule has 0 radical (unpaired) electrons. The van der Waals surface area contributed by atoms with Crippen LogP contribution in [0.5, 0.6) is 0 Å². The smallest absolute Gasteiger partial charge is 0.231 e. The number of nitrogens with one attached hydrogen (secondary N) is 1. The fraction of sp³-hybridized carbons (Fsp3) is 0.524. The number of anilines is 1. The van der Waals surface area contributed by atoms with Crippen LogP contribution in [0.2, 0.25) is 0 Å². The monoisotopic (exact) mass is 398 g/mol. The van der Waals surface area contributed by atoms with E-state index in [1.54, 1.807) is 0 Å². The standard InChI is InChI=1S/C21H26N4O2S/c1-14(15-7-3-2-4-8-15)11-18-23-24-21(28-18)22-20(27)16-12-19(26)25(13-16)17-9-5-6-10-17/h2-4,7-8,14,16-17H,5-6,9-13H2,1H3,(H,22,24,27). The number of nitrogens with zero attached hydrogens (tertiary/aromatic N) is 3. The lowest BCUT2D eigenvalue weighted by molar-refractivity contribution is -0.129. The number of carbonyl (C=O) groups excluding carboxylic acids is 2. The third-order valence-corrected chi connectivity index (χ3v) is 6.70. The Kier molecular flexibility index (Phi) is 5.71. The van der Waals surface area contributed by atoms with Gasteiger partial charge in [0.05, 0.1) is 5.92 Å². The largest absolute Gasteiger partial charge is 0.339 e. The van der Waals surface area contributed by atoms with Crippen LogP contribution in [0.3, 0.4) is 0 Å². The predicted molar refractivity (Wildman–Crippen MR) is 109 cm³/mol. The van der Waals surface area contributed by atoms with Gasteiger partial charge in [0, 0.05) is 25.4 Å². The van der Waals surface area contributed by atoms with Crippen molar-refractivity contribution in [2.75, 3.05) is 11.9 Å². The first-order valence-corrected chi connectivity index (χ1v) is 10.9. The van der Waals surface area contributed by atoms with E-state index in [2.05, 4.69) is 34.6 Å². The molecule has 2 heterocycles. The van der Waals surface area contributed by atoms with Gasteiger partial charge in [-0.15, -0.1) is 10.2 Å². The molecule has 2 fully saturated rings. The molecule has 0 bridgehead atoms. The van der Waals surface area contributed by atoms with Gasteiger partial charge in [0.2, 0.25) is 16.9 Å². The summed E-state index contributed by atoms with van der Waals surface area (Å²) in [7, 11) is 0. The average molecular weight is 399 g/mol. The molecule has 1 saturated heterocycles. The lowest BCUT2D eigenvalue weighted by Gasteiger charge is -2.23. The van der Waals surface area contributed by atoms with Crippen LogP contribution < -0.4 is 5.32 Å². The van der Waals surface area contributed by atoms with Gasteiger partial charge >= 0.3 is 0 Å². The molecule has 2 amide bonds. The molecule has 0 spiro atoms. The summed E-state index contributed by atoms with van der Waals surface area (Å²) in [6.07, 6.45) is 5.59. The molecule has 1 aromatic heterocycles. The second-order valence-corrected chi connectivity index (χ2v) is 8.95. The maximum Gasteiger partial charge on any atom is 0.231 e. The zero-order chi connectivity index (χ0) is 19.5. The number of rotatable bonds is 6. The Hall–Kier alpha value is -2.28. The van der Waals surface area contributed by atoms with Crippen molar-refractivity contribution in [1.29, 1.82) is 0 Å². The number of aromatic nitrogens is 2. The Morgan fingerprint density at radius 1 is 1.25 bits per heavy atom. The number of hydrogen-bond acceptors (Lipinski definition) is 5. The van der Waals surface area contributed by atoms with Crippen molar-refractivity contribution < 1.29 is 9.59 Å². The fourth-order valence-corrected chi connectivity index (χ4v) is 5.10. The first kappa shape index (κ1) is 19.1. The van der Waals surface area contributed by atoms with Crippen molar-refractivity contribution >= 4 is 28.3 Å². The minimum atomic E-state index is -0.288. The van der Waals surface area contributed by atoms with Gasteiger partial charge in [-0.2, -0.15) is 0 Å². The minimum absolute atomic E-state index is 0.113. The zero-order valence-corrected chi connectivity index (χ0v) is 17.0. The van der Waals surface area contributed by atoms with E-state index in [0.717, 1.165) is 24.3 Å². The number of carbonyl (C=O) groups is 2. The summed E-state index contributed by atoms with van der Waals surface area (Å²) >= 11 is 1.42. The van der Waals surface area contributed by atoms with Crippen LogP contribution >= 0.6 is 11.3 Å². The van der Waals surface area contributed by atoms with E-state index in [9.17, 15) is 9.59 Å². The molecule has 1 aliphatic heterocycles. The van der Waals surface area contributed by atoms with Gasteiger partial charge in [-0.05, 0) is 24.3 Å². The van der Waals surface area contributed by atoms with E-state index >= 15 is 0 Å². The van der Waals surface area contributed by atoms with Crippen LogP contribution in [0.15, 0.2) is 30.3 Å². The first-order valence-electron chi connectivity index (χ1n) is 10.1. The Labute approximate surface area is 169 Å². The first-order chi connectivity index (χ1) is 13.6. The van der Waals surface area contributed by atoms with Crippen LogP contribution in [-0.4, -0.2) is 39.5 Å². The molecule has 28 heavy (non-hydrogen) atoms. The van der Waals surface area contributed by atoms with Gasteiger partial charge in [-0.1, -0.05) is 61.4 Å². The SMILES string of the molecule is CC(Cc1nnc(NC(=O)C2CC(=O)N(C3CCCC3)C2)s1)c1ccccc1. The summed E-state index contributed by atoms with van der Waals surface area (Å²) < 4.78 is 0. The van der Waals surface area contributed by atoms with Gasteiger partial charge in [-0.3, -0.25) is 9.59 Å². The third kappa shape index (κ3) is 4.24. The zero-order valence-electron chi connectivity index (χ0n) is 16.1. The average Bonchev–Trinajstić information content (AvgIpc) is 3.44. The molecule has 2 atom stereocenters. The summed E-state index contributed by atoms with van der Waals surface area (Å²) in [5.74, 6) is 0.0446. The number of hydrogen-bond donors (Lipinski definition) is 1. The molecule has 148 valence electrons. The summed E-state index contributed by atoms with van der Waals surface area (Å²) in [4.78, 5) is 26.9. The second-order valence-electron chi connectivity index (χ2n) is 7.89. The van der Waals surface area contributed by atoms with Crippen LogP contribution in [-0.2, 0) is 16.0 Å². The van der Waals surface area contributed by atoms with E-state index in [-0.39, 0.29) is 17.7 Å². The molecular formula is C21H26N4O2S. The van der Waals surface area contributed by atoms with Gasteiger partial charge in [0.15, 0.2) is 0 Å². The number of benzene rings is 1. The van der Waals surface area contributed by atoms with Crippen molar-refractivity contribution in [1.82, 2.24) is 15.1 Å². The maximum atomic E-state index is 12.6. The summed E-state index contributed by atoms with van der Waals surface area (Å²) in [5, 5.41) is 12.7. The van der Waals surface area contributed by atoms with Crippen molar-refractivity contribution in [2.45, 2.75) is 57.4 Å². The van der Waals surface area contributed by atoms with Crippen LogP contribution in [0.1, 0.15) is 55.5 Å². The van der Waals surface area contributed by atoms with E-state index < -0.39 is 0 Å². The third-order valence-electron chi connectivity index (χ3n) is 5.84. The maximum absolute atomic E-state index is 12.6. The summed E-state index contributed by atoms with van der Waals surface area (Å²) in [6.45, 7) is 2.70. The summed E-state index contributed by atoms with van der Waals surface area (Å²) in [5.41, 5.74) is 1.26. The second kappa shape index (κ2) is 8.39. The van der Waals surface area contributed by atoms with Crippen LogP contribution in [0.4, 0.5) is 5.13 Å². The van der Waals surface area contributed by atoms with Gasteiger partial charge < -0.3 is 10.2 Å².